The molecule has 0 bridgehead atoms. The molecule has 0 heterocycles. The maximum Gasteiger partial charge on any atom is 0.135 e. The zero-order valence-electron chi connectivity index (χ0n) is 7.72. The summed E-state index contributed by atoms with van der Waals surface area (Å²) in [7, 11) is 0. The number of hydrogen-bond acceptors (Lipinski definition) is 2. The molecule has 0 aliphatic carbocycles. The van der Waals surface area contributed by atoms with Gasteiger partial charge in [-0.2, -0.15) is 11.8 Å². The summed E-state index contributed by atoms with van der Waals surface area (Å²) >= 11 is 1.91. The Morgan fingerprint density at radius 3 is 2.55 bits per heavy atom. The van der Waals surface area contributed by atoms with E-state index in [0.717, 1.165) is 24.3 Å². The maximum absolute atomic E-state index is 11.1. The lowest BCUT2D eigenvalue weighted by Crippen LogP contribution is -2.06. The molecule has 0 rings (SSSR count). The van der Waals surface area contributed by atoms with E-state index in [1.54, 1.807) is 0 Å². The Labute approximate surface area is 73.9 Å². The topological polar surface area (TPSA) is 17.1 Å². The summed E-state index contributed by atoms with van der Waals surface area (Å²) in [5, 5.41) is 0. The Bertz CT molecular complexity index is 110. The molecule has 0 aliphatic rings. The van der Waals surface area contributed by atoms with Crippen molar-refractivity contribution in [2.45, 2.75) is 33.6 Å². The highest BCUT2D eigenvalue weighted by molar-refractivity contribution is 7.99. The minimum absolute atomic E-state index is 0.224. The average molecular weight is 174 g/mol. The second-order valence-corrected chi connectivity index (χ2v) is 4.32. The summed E-state index contributed by atoms with van der Waals surface area (Å²) in [6.45, 7) is 6.08. The molecule has 0 saturated carbocycles. The van der Waals surface area contributed by atoms with Crippen LogP contribution in [0.4, 0.5) is 0 Å². The van der Waals surface area contributed by atoms with Crippen molar-refractivity contribution in [1.82, 2.24) is 0 Å². The number of hydrogen-bond donors (Lipinski definition) is 0. The molecule has 0 aliphatic heterocycles. The lowest BCUT2D eigenvalue weighted by molar-refractivity contribution is -0.121. The summed E-state index contributed by atoms with van der Waals surface area (Å²) in [5.74, 6) is 2.92. The van der Waals surface area contributed by atoms with E-state index in [9.17, 15) is 4.79 Å². The van der Waals surface area contributed by atoms with Gasteiger partial charge in [0.25, 0.3) is 0 Å². The van der Waals surface area contributed by atoms with Crippen LogP contribution in [0.5, 0.6) is 0 Å². The molecule has 0 fully saturated rings. The van der Waals surface area contributed by atoms with E-state index in [2.05, 4.69) is 6.92 Å². The smallest absolute Gasteiger partial charge is 0.135 e. The summed E-state index contributed by atoms with van der Waals surface area (Å²) in [6, 6.07) is 0. The number of ketones is 1. The number of rotatable bonds is 6. The van der Waals surface area contributed by atoms with Gasteiger partial charge in [-0.1, -0.05) is 20.8 Å². The van der Waals surface area contributed by atoms with Crippen LogP contribution in [0.1, 0.15) is 33.6 Å². The predicted molar refractivity (Wildman–Crippen MR) is 52.1 cm³/mol. The van der Waals surface area contributed by atoms with Crippen molar-refractivity contribution in [1.29, 1.82) is 0 Å². The van der Waals surface area contributed by atoms with E-state index < -0.39 is 0 Å². The highest BCUT2D eigenvalue weighted by Gasteiger charge is 2.05. The largest absolute Gasteiger partial charge is 0.299 e. The summed E-state index contributed by atoms with van der Waals surface area (Å²) in [4.78, 5) is 11.1. The highest BCUT2D eigenvalue weighted by atomic mass is 32.2. The molecule has 0 radical (unpaired) electrons. The van der Waals surface area contributed by atoms with Gasteiger partial charge in [0, 0.05) is 12.3 Å². The van der Waals surface area contributed by atoms with Crippen molar-refractivity contribution >= 4 is 17.5 Å². The minimum atomic E-state index is 0.224. The molecule has 0 saturated heterocycles. The molecular weight excluding hydrogens is 156 g/mol. The number of carbonyl (C=O) groups is 1. The molecular formula is C9H18OS. The second kappa shape index (κ2) is 6.71. The fourth-order valence-electron chi connectivity index (χ4n) is 0.781. The quantitative estimate of drug-likeness (QED) is 0.576. The molecule has 0 atom stereocenters. The average Bonchev–Trinajstić information content (AvgIpc) is 1.97. The van der Waals surface area contributed by atoms with Crippen molar-refractivity contribution in [3.05, 3.63) is 0 Å². The molecule has 0 N–H and O–H groups in total. The van der Waals surface area contributed by atoms with Crippen LogP contribution in [0.2, 0.25) is 0 Å². The van der Waals surface area contributed by atoms with Crippen LogP contribution >= 0.6 is 11.8 Å². The van der Waals surface area contributed by atoms with Gasteiger partial charge in [-0.15, -0.1) is 0 Å². The first-order valence-corrected chi connectivity index (χ1v) is 5.44. The first kappa shape index (κ1) is 11.0. The molecule has 2 heteroatoms. The number of carbonyl (C=O) groups excluding carboxylic acids is 1. The SMILES string of the molecule is CCSCCCC(=O)C(C)C. The van der Waals surface area contributed by atoms with Crippen LogP contribution in [0.25, 0.3) is 0 Å². The van der Waals surface area contributed by atoms with Gasteiger partial charge < -0.3 is 0 Å². The second-order valence-electron chi connectivity index (χ2n) is 2.92. The van der Waals surface area contributed by atoms with Crippen molar-refractivity contribution in [2.24, 2.45) is 5.92 Å². The van der Waals surface area contributed by atoms with E-state index >= 15 is 0 Å². The van der Waals surface area contributed by atoms with E-state index in [1.807, 2.05) is 25.6 Å². The third kappa shape index (κ3) is 6.42. The Morgan fingerprint density at radius 2 is 2.09 bits per heavy atom. The van der Waals surface area contributed by atoms with Gasteiger partial charge in [0.1, 0.15) is 5.78 Å². The van der Waals surface area contributed by atoms with Crippen LogP contribution in [-0.4, -0.2) is 17.3 Å². The fraction of sp³-hybridized carbons (Fsp3) is 0.889. The summed E-state index contributed by atoms with van der Waals surface area (Å²) < 4.78 is 0. The zero-order chi connectivity index (χ0) is 8.69. The molecule has 0 aromatic carbocycles. The van der Waals surface area contributed by atoms with Crippen LogP contribution in [0, 0.1) is 5.92 Å². The van der Waals surface area contributed by atoms with Crippen LogP contribution in [-0.2, 0) is 4.79 Å². The standard InChI is InChI=1S/C9H18OS/c1-4-11-7-5-6-9(10)8(2)3/h8H,4-7H2,1-3H3. The summed E-state index contributed by atoms with van der Waals surface area (Å²) in [6.07, 6.45) is 1.82. The molecule has 0 aromatic rings. The van der Waals surface area contributed by atoms with Crippen molar-refractivity contribution in [3.63, 3.8) is 0 Å². The third-order valence-corrected chi connectivity index (χ3v) is 2.55. The van der Waals surface area contributed by atoms with E-state index in [0.29, 0.717) is 5.78 Å². The lowest BCUT2D eigenvalue weighted by Gasteiger charge is -2.02. The molecule has 0 amide bonds. The Balaban J connectivity index is 3.18. The fourth-order valence-corrected chi connectivity index (χ4v) is 1.42. The number of thioether (sulfide) groups is 1. The van der Waals surface area contributed by atoms with E-state index in [1.165, 1.54) is 0 Å². The van der Waals surface area contributed by atoms with Crippen molar-refractivity contribution < 1.29 is 4.79 Å². The molecule has 11 heavy (non-hydrogen) atoms. The minimum Gasteiger partial charge on any atom is -0.299 e. The first-order valence-electron chi connectivity index (χ1n) is 4.29. The van der Waals surface area contributed by atoms with Gasteiger partial charge in [0.15, 0.2) is 0 Å². The van der Waals surface area contributed by atoms with Gasteiger partial charge in [-0.3, -0.25) is 4.79 Å². The van der Waals surface area contributed by atoms with Gasteiger partial charge in [0.2, 0.25) is 0 Å². The van der Waals surface area contributed by atoms with Gasteiger partial charge >= 0.3 is 0 Å². The molecule has 1 nitrogen and oxygen atoms in total. The van der Waals surface area contributed by atoms with Crippen LogP contribution in [0.3, 0.4) is 0 Å². The Hall–Kier alpha value is 0.0200. The number of Topliss-reactive ketones (excluding diaryl/α,β-unsaturated/α-hetero) is 1. The lowest BCUT2D eigenvalue weighted by atomic mass is 10.1. The Kier molecular flexibility index (Phi) is 6.73. The van der Waals surface area contributed by atoms with Crippen LogP contribution < -0.4 is 0 Å². The van der Waals surface area contributed by atoms with E-state index in [4.69, 9.17) is 0 Å². The van der Waals surface area contributed by atoms with Gasteiger partial charge in [-0.05, 0) is 17.9 Å². The molecule has 0 aromatic heterocycles. The monoisotopic (exact) mass is 174 g/mol. The third-order valence-electron chi connectivity index (χ3n) is 1.56. The van der Waals surface area contributed by atoms with Crippen molar-refractivity contribution in [3.8, 4) is 0 Å². The molecule has 0 spiro atoms. The maximum atomic E-state index is 11.1. The molecule has 0 unspecified atom stereocenters. The highest BCUT2D eigenvalue weighted by Crippen LogP contribution is 2.07. The van der Waals surface area contributed by atoms with Crippen LogP contribution in [0.15, 0.2) is 0 Å². The van der Waals surface area contributed by atoms with E-state index in [-0.39, 0.29) is 5.92 Å². The summed E-state index contributed by atoms with van der Waals surface area (Å²) in [5.41, 5.74) is 0. The zero-order valence-corrected chi connectivity index (χ0v) is 8.54. The Morgan fingerprint density at radius 1 is 1.45 bits per heavy atom. The normalized spacial score (nSPS) is 10.5. The predicted octanol–water partition coefficient (Wildman–Crippen LogP) is 2.74. The van der Waals surface area contributed by atoms with Crippen molar-refractivity contribution in [2.75, 3.05) is 11.5 Å². The van der Waals surface area contributed by atoms with Gasteiger partial charge in [-0.25, -0.2) is 0 Å². The molecule has 66 valence electrons. The first-order chi connectivity index (χ1) is 5.18. The van der Waals surface area contributed by atoms with Gasteiger partial charge in [0.05, 0.1) is 0 Å².